The maximum Gasteiger partial charge on any atom is 0.573 e. The average Bonchev–Trinajstić information content (AvgIpc) is 2.15. The van der Waals surface area contributed by atoms with E-state index in [-0.39, 0.29) is 16.6 Å². The van der Waals surface area contributed by atoms with Crippen LogP contribution in [0.25, 0.3) is 0 Å². The van der Waals surface area contributed by atoms with Crippen LogP contribution in [-0.4, -0.2) is 11.3 Å². The zero-order chi connectivity index (χ0) is 11.5. The maximum atomic E-state index is 12.0. The molecule has 0 fully saturated rings. The number of hydrogen-bond acceptors (Lipinski definition) is 3. The first-order valence-corrected chi connectivity index (χ1v) is 4.79. The highest BCUT2D eigenvalue weighted by molar-refractivity contribution is 9.08. The third kappa shape index (κ3) is 3.09. The summed E-state index contributed by atoms with van der Waals surface area (Å²) < 4.78 is 39.6. The van der Waals surface area contributed by atoms with Crippen molar-refractivity contribution in [1.29, 1.82) is 5.26 Å². The van der Waals surface area contributed by atoms with Crippen molar-refractivity contribution in [1.82, 2.24) is 4.98 Å². The monoisotopic (exact) mass is 280 g/mol. The molecule has 80 valence electrons. The molecule has 0 spiro atoms. The Labute approximate surface area is 91.6 Å². The van der Waals surface area contributed by atoms with E-state index in [0.29, 0.717) is 0 Å². The minimum atomic E-state index is -4.77. The second-order valence-corrected chi connectivity index (χ2v) is 2.99. The predicted molar refractivity (Wildman–Crippen MR) is 48.3 cm³/mol. The molecular formula is C8H4BrF3N2O. The SMILES string of the molecule is N#Cc1nccc(OC(F)(F)F)c1CBr. The van der Waals surface area contributed by atoms with Crippen molar-refractivity contribution in [2.45, 2.75) is 11.7 Å². The van der Waals surface area contributed by atoms with Gasteiger partial charge in [-0.3, -0.25) is 0 Å². The normalized spacial score (nSPS) is 10.9. The van der Waals surface area contributed by atoms with Gasteiger partial charge in [0.25, 0.3) is 0 Å². The molecule has 0 bridgehead atoms. The first-order chi connectivity index (χ1) is 6.98. The molecule has 0 atom stereocenters. The number of ether oxygens (including phenoxy) is 1. The molecule has 1 heterocycles. The van der Waals surface area contributed by atoms with Crippen LogP contribution in [0.5, 0.6) is 5.75 Å². The molecular weight excluding hydrogens is 277 g/mol. The lowest BCUT2D eigenvalue weighted by Crippen LogP contribution is -2.18. The summed E-state index contributed by atoms with van der Waals surface area (Å²) in [5.74, 6) is -0.411. The van der Waals surface area contributed by atoms with E-state index in [0.717, 1.165) is 12.3 Å². The van der Waals surface area contributed by atoms with Gasteiger partial charge in [-0.25, -0.2) is 4.98 Å². The molecule has 0 aliphatic heterocycles. The number of nitriles is 1. The fourth-order valence-electron chi connectivity index (χ4n) is 0.920. The number of halogens is 4. The second-order valence-electron chi connectivity index (χ2n) is 2.43. The molecule has 0 aliphatic rings. The lowest BCUT2D eigenvalue weighted by molar-refractivity contribution is -0.274. The summed E-state index contributed by atoms with van der Waals surface area (Å²) >= 11 is 2.97. The van der Waals surface area contributed by atoms with E-state index in [1.807, 2.05) is 0 Å². The van der Waals surface area contributed by atoms with E-state index >= 15 is 0 Å². The van der Waals surface area contributed by atoms with Crippen molar-refractivity contribution < 1.29 is 17.9 Å². The highest BCUT2D eigenvalue weighted by Gasteiger charge is 2.32. The van der Waals surface area contributed by atoms with Crippen molar-refractivity contribution in [3.8, 4) is 11.8 Å². The van der Waals surface area contributed by atoms with Crippen molar-refractivity contribution in [2.24, 2.45) is 0 Å². The minimum absolute atomic E-state index is 0.0646. The van der Waals surface area contributed by atoms with Gasteiger partial charge in [-0.2, -0.15) is 5.26 Å². The molecule has 1 rings (SSSR count). The molecule has 0 N–H and O–H groups in total. The van der Waals surface area contributed by atoms with E-state index < -0.39 is 12.1 Å². The molecule has 0 amide bonds. The summed E-state index contributed by atoms with van der Waals surface area (Å²) in [6, 6.07) is 2.74. The van der Waals surface area contributed by atoms with Crippen LogP contribution in [0.1, 0.15) is 11.3 Å². The molecule has 15 heavy (non-hydrogen) atoms. The van der Waals surface area contributed by atoms with Gasteiger partial charge < -0.3 is 4.74 Å². The van der Waals surface area contributed by atoms with Crippen molar-refractivity contribution in [3.63, 3.8) is 0 Å². The number of aromatic nitrogens is 1. The molecule has 0 aliphatic carbocycles. The van der Waals surface area contributed by atoms with Gasteiger partial charge in [-0.1, -0.05) is 15.9 Å². The summed E-state index contributed by atoms with van der Waals surface area (Å²) in [4.78, 5) is 3.62. The van der Waals surface area contributed by atoms with E-state index in [1.165, 1.54) is 0 Å². The lowest BCUT2D eigenvalue weighted by Gasteiger charge is -2.11. The van der Waals surface area contributed by atoms with Gasteiger partial charge in [0.1, 0.15) is 17.5 Å². The Morgan fingerprint density at radius 2 is 2.20 bits per heavy atom. The largest absolute Gasteiger partial charge is 0.573 e. The third-order valence-electron chi connectivity index (χ3n) is 1.48. The van der Waals surface area contributed by atoms with Crippen LogP contribution >= 0.6 is 15.9 Å². The number of nitrogens with zero attached hydrogens (tertiary/aromatic N) is 2. The van der Waals surface area contributed by atoms with Crippen LogP contribution in [0.2, 0.25) is 0 Å². The topological polar surface area (TPSA) is 45.9 Å². The van der Waals surface area contributed by atoms with Crippen LogP contribution in [0.4, 0.5) is 13.2 Å². The van der Waals surface area contributed by atoms with E-state index in [4.69, 9.17) is 5.26 Å². The summed E-state index contributed by atoms with van der Waals surface area (Å²) in [5.41, 5.74) is -0.00838. The van der Waals surface area contributed by atoms with Crippen molar-refractivity contribution >= 4 is 15.9 Å². The van der Waals surface area contributed by atoms with E-state index in [1.54, 1.807) is 6.07 Å². The van der Waals surface area contributed by atoms with Crippen molar-refractivity contribution in [3.05, 3.63) is 23.5 Å². The highest BCUT2D eigenvalue weighted by atomic mass is 79.9. The number of pyridine rings is 1. The highest BCUT2D eigenvalue weighted by Crippen LogP contribution is 2.28. The first kappa shape index (κ1) is 11.8. The summed E-state index contributed by atoms with van der Waals surface area (Å²) in [6.45, 7) is 0. The van der Waals surface area contributed by atoms with Gasteiger partial charge in [-0.05, 0) is 6.07 Å². The Hall–Kier alpha value is -1.29. The summed E-state index contributed by atoms with van der Waals surface area (Å²) in [7, 11) is 0. The Morgan fingerprint density at radius 1 is 1.53 bits per heavy atom. The molecule has 0 radical (unpaired) electrons. The van der Waals surface area contributed by atoms with Crippen LogP contribution in [0.15, 0.2) is 12.3 Å². The molecule has 0 unspecified atom stereocenters. The zero-order valence-corrected chi connectivity index (χ0v) is 8.76. The van der Waals surface area contributed by atoms with Crippen LogP contribution in [-0.2, 0) is 5.33 Å². The van der Waals surface area contributed by atoms with Gasteiger partial charge in [-0.15, -0.1) is 13.2 Å². The molecule has 1 aromatic rings. The molecule has 0 saturated carbocycles. The fraction of sp³-hybridized carbons (Fsp3) is 0.250. The lowest BCUT2D eigenvalue weighted by atomic mass is 10.2. The third-order valence-corrected chi connectivity index (χ3v) is 2.04. The van der Waals surface area contributed by atoms with Crippen LogP contribution in [0.3, 0.4) is 0 Å². The summed E-state index contributed by atoms with van der Waals surface area (Å²) in [5, 5.41) is 8.67. The van der Waals surface area contributed by atoms with Crippen molar-refractivity contribution in [2.75, 3.05) is 0 Å². The molecule has 3 nitrogen and oxygen atoms in total. The standard InChI is InChI=1S/C8H4BrF3N2O/c9-3-5-6(4-13)14-2-1-7(5)15-8(10,11)12/h1-2H,3H2. The molecule has 7 heteroatoms. The minimum Gasteiger partial charge on any atom is -0.405 e. The Kier molecular flexibility index (Phi) is 3.52. The average molecular weight is 281 g/mol. The van der Waals surface area contributed by atoms with Crippen LogP contribution in [0, 0.1) is 11.3 Å². The Balaban J connectivity index is 3.14. The fourth-order valence-corrected chi connectivity index (χ4v) is 1.46. The second kappa shape index (κ2) is 4.49. The van der Waals surface area contributed by atoms with E-state index in [2.05, 4.69) is 25.7 Å². The quantitative estimate of drug-likeness (QED) is 0.783. The molecule has 0 saturated heterocycles. The number of rotatable bonds is 2. The Morgan fingerprint density at radius 3 is 2.67 bits per heavy atom. The van der Waals surface area contributed by atoms with Gasteiger partial charge in [0, 0.05) is 17.1 Å². The first-order valence-electron chi connectivity index (χ1n) is 3.67. The zero-order valence-electron chi connectivity index (χ0n) is 7.18. The van der Waals surface area contributed by atoms with Gasteiger partial charge >= 0.3 is 6.36 Å². The number of hydrogen-bond donors (Lipinski definition) is 0. The predicted octanol–water partition coefficient (Wildman–Crippen LogP) is 2.75. The smallest absolute Gasteiger partial charge is 0.405 e. The Bertz CT molecular complexity index is 400. The maximum absolute atomic E-state index is 12.0. The molecule has 0 aromatic carbocycles. The van der Waals surface area contributed by atoms with Gasteiger partial charge in [0.15, 0.2) is 0 Å². The van der Waals surface area contributed by atoms with Crippen LogP contribution < -0.4 is 4.74 Å². The number of alkyl halides is 4. The molecule has 1 aromatic heterocycles. The van der Waals surface area contributed by atoms with Gasteiger partial charge in [0.2, 0.25) is 0 Å². The van der Waals surface area contributed by atoms with E-state index in [9.17, 15) is 13.2 Å². The van der Waals surface area contributed by atoms with Gasteiger partial charge in [0.05, 0.1) is 0 Å². The summed E-state index contributed by atoms with van der Waals surface area (Å²) in [6.07, 6.45) is -3.68.